The Labute approximate surface area is 115 Å². The fourth-order valence-corrected chi connectivity index (χ4v) is 2.22. The van der Waals surface area contributed by atoms with E-state index in [0.717, 1.165) is 19.6 Å². The van der Waals surface area contributed by atoms with Gasteiger partial charge in [-0.25, -0.2) is 0 Å². The van der Waals surface area contributed by atoms with E-state index in [1.807, 2.05) is 10.9 Å². The Morgan fingerprint density at radius 2 is 1.79 bits per heavy atom. The number of rotatable bonds is 5. The summed E-state index contributed by atoms with van der Waals surface area (Å²) in [6.07, 6.45) is 3.97. The van der Waals surface area contributed by atoms with Crippen molar-refractivity contribution in [2.24, 2.45) is 0 Å². The molecule has 0 aliphatic heterocycles. The lowest BCUT2D eigenvalue weighted by atomic mass is 10.0. The SMILES string of the molecule is Cc1cnn(CCNCc2cc(C)c(C)cc2C)c1. The van der Waals surface area contributed by atoms with Crippen molar-refractivity contribution in [1.29, 1.82) is 0 Å². The topological polar surface area (TPSA) is 29.9 Å². The van der Waals surface area contributed by atoms with Crippen molar-refractivity contribution in [3.05, 3.63) is 52.3 Å². The van der Waals surface area contributed by atoms with Gasteiger partial charge in [0.2, 0.25) is 0 Å². The maximum absolute atomic E-state index is 4.28. The molecule has 0 saturated carbocycles. The molecule has 0 saturated heterocycles. The summed E-state index contributed by atoms with van der Waals surface area (Å²) in [5, 5.41) is 7.77. The minimum absolute atomic E-state index is 0.914. The first-order chi connectivity index (χ1) is 9.06. The van der Waals surface area contributed by atoms with Crippen LogP contribution in [0.25, 0.3) is 0 Å². The second-order valence-corrected chi connectivity index (χ2v) is 5.32. The van der Waals surface area contributed by atoms with Gasteiger partial charge in [-0.15, -0.1) is 0 Å². The average Bonchev–Trinajstić information content (AvgIpc) is 2.77. The summed E-state index contributed by atoms with van der Waals surface area (Å²) in [5.41, 5.74) is 6.70. The van der Waals surface area contributed by atoms with E-state index in [9.17, 15) is 0 Å². The number of aromatic nitrogens is 2. The number of benzene rings is 1. The van der Waals surface area contributed by atoms with Gasteiger partial charge in [0.15, 0.2) is 0 Å². The molecule has 0 amide bonds. The van der Waals surface area contributed by atoms with Gasteiger partial charge in [-0.3, -0.25) is 4.68 Å². The van der Waals surface area contributed by atoms with Crippen LogP contribution in [0.4, 0.5) is 0 Å². The smallest absolute Gasteiger partial charge is 0.0534 e. The van der Waals surface area contributed by atoms with Gasteiger partial charge in [-0.1, -0.05) is 12.1 Å². The molecule has 0 bridgehead atoms. The third kappa shape index (κ3) is 3.67. The van der Waals surface area contributed by atoms with E-state index in [1.54, 1.807) is 0 Å². The van der Waals surface area contributed by atoms with Gasteiger partial charge in [0, 0.05) is 19.3 Å². The fraction of sp³-hybridized carbons (Fsp3) is 0.438. The Balaban J connectivity index is 1.84. The van der Waals surface area contributed by atoms with Gasteiger partial charge in [0.1, 0.15) is 0 Å². The maximum atomic E-state index is 4.28. The lowest BCUT2D eigenvalue weighted by molar-refractivity contribution is 0.554. The van der Waals surface area contributed by atoms with Crippen molar-refractivity contribution in [2.75, 3.05) is 6.54 Å². The van der Waals surface area contributed by atoms with Gasteiger partial charge in [-0.2, -0.15) is 5.10 Å². The Morgan fingerprint density at radius 3 is 2.47 bits per heavy atom. The van der Waals surface area contributed by atoms with Gasteiger partial charge < -0.3 is 5.32 Å². The van der Waals surface area contributed by atoms with Crippen LogP contribution in [-0.2, 0) is 13.1 Å². The minimum Gasteiger partial charge on any atom is -0.311 e. The maximum Gasteiger partial charge on any atom is 0.0534 e. The summed E-state index contributed by atoms with van der Waals surface area (Å²) in [6.45, 7) is 11.4. The van der Waals surface area contributed by atoms with E-state index in [4.69, 9.17) is 0 Å². The van der Waals surface area contributed by atoms with E-state index < -0.39 is 0 Å². The second-order valence-electron chi connectivity index (χ2n) is 5.32. The van der Waals surface area contributed by atoms with Gasteiger partial charge in [0.25, 0.3) is 0 Å². The Morgan fingerprint density at radius 1 is 1.05 bits per heavy atom. The largest absolute Gasteiger partial charge is 0.311 e. The summed E-state index contributed by atoms with van der Waals surface area (Å²) in [5.74, 6) is 0. The lowest BCUT2D eigenvalue weighted by Gasteiger charge is -2.11. The first-order valence-electron chi connectivity index (χ1n) is 6.83. The van der Waals surface area contributed by atoms with E-state index in [-0.39, 0.29) is 0 Å². The summed E-state index contributed by atoms with van der Waals surface area (Å²) in [6, 6.07) is 4.55. The van der Waals surface area contributed by atoms with Crippen molar-refractivity contribution < 1.29 is 0 Å². The molecule has 1 N–H and O–H groups in total. The van der Waals surface area contributed by atoms with Crippen molar-refractivity contribution in [2.45, 2.75) is 40.8 Å². The molecule has 2 rings (SSSR count). The summed E-state index contributed by atoms with van der Waals surface area (Å²) in [4.78, 5) is 0. The molecule has 1 aromatic heterocycles. The third-order valence-electron chi connectivity index (χ3n) is 3.55. The van der Waals surface area contributed by atoms with Crippen LogP contribution in [0.2, 0.25) is 0 Å². The molecule has 2 aromatic rings. The van der Waals surface area contributed by atoms with Crippen LogP contribution in [0.1, 0.15) is 27.8 Å². The molecule has 1 aromatic carbocycles. The van der Waals surface area contributed by atoms with Crippen LogP contribution in [0.5, 0.6) is 0 Å². The minimum atomic E-state index is 0.914. The molecule has 0 aliphatic carbocycles. The van der Waals surface area contributed by atoms with Crippen LogP contribution >= 0.6 is 0 Å². The predicted octanol–water partition coefficient (Wildman–Crippen LogP) is 2.91. The fourth-order valence-electron chi connectivity index (χ4n) is 2.22. The molecule has 0 aliphatic rings. The normalized spacial score (nSPS) is 10.9. The standard InChI is InChI=1S/C16H23N3/c1-12-9-18-19(11-12)6-5-17-10-16-8-14(3)13(2)7-15(16)4/h7-9,11,17H,5-6,10H2,1-4H3. The van der Waals surface area contributed by atoms with E-state index in [0.29, 0.717) is 0 Å². The highest BCUT2D eigenvalue weighted by Crippen LogP contribution is 2.14. The van der Waals surface area contributed by atoms with E-state index in [2.05, 4.69) is 56.4 Å². The molecule has 0 atom stereocenters. The molecule has 102 valence electrons. The zero-order chi connectivity index (χ0) is 13.8. The highest BCUT2D eigenvalue weighted by molar-refractivity contribution is 5.36. The van der Waals surface area contributed by atoms with E-state index in [1.165, 1.54) is 27.8 Å². The summed E-state index contributed by atoms with van der Waals surface area (Å²) < 4.78 is 1.98. The molecular formula is C16H23N3. The number of hydrogen-bond donors (Lipinski definition) is 1. The highest BCUT2D eigenvalue weighted by Gasteiger charge is 2.01. The lowest BCUT2D eigenvalue weighted by Crippen LogP contribution is -2.20. The van der Waals surface area contributed by atoms with Gasteiger partial charge in [-0.05, 0) is 55.5 Å². The highest BCUT2D eigenvalue weighted by atomic mass is 15.3. The molecule has 0 fully saturated rings. The molecular weight excluding hydrogens is 234 g/mol. The Hall–Kier alpha value is -1.61. The Bertz CT molecular complexity index is 555. The summed E-state index contributed by atoms with van der Waals surface area (Å²) >= 11 is 0. The molecule has 3 heteroatoms. The molecule has 0 unspecified atom stereocenters. The van der Waals surface area contributed by atoms with Crippen molar-refractivity contribution in [3.63, 3.8) is 0 Å². The zero-order valence-corrected chi connectivity index (χ0v) is 12.3. The Kier molecular flexibility index (Phi) is 4.38. The molecule has 3 nitrogen and oxygen atoms in total. The zero-order valence-electron chi connectivity index (χ0n) is 12.3. The first kappa shape index (κ1) is 13.8. The van der Waals surface area contributed by atoms with E-state index >= 15 is 0 Å². The number of aryl methyl sites for hydroxylation is 4. The van der Waals surface area contributed by atoms with Crippen molar-refractivity contribution in [3.8, 4) is 0 Å². The molecule has 0 radical (unpaired) electrons. The van der Waals surface area contributed by atoms with Crippen LogP contribution in [0.3, 0.4) is 0 Å². The van der Waals surface area contributed by atoms with Crippen LogP contribution in [-0.4, -0.2) is 16.3 Å². The van der Waals surface area contributed by atoms with Crippen LogP contribution in [0.15, 0.2) is 24.5 Å². The van der Waals surface area contributed by atoms with Crippen molar-refractivity contribution in [1.82, 2.24) is 15.1 Å². The van der Waals surface area contributed by atoms with Gasteiger partial charge >= 0.3 is 0 Å². The monoisotopic (exact) mass is 257 g/mol. The van der Waals surface area contributed by atoms with Crippen molar-refractivity contribution >= 4 is 0 Å². The molecule has 1 heterocycles. The average molecular weight is 257 g/mol. The number of nitrogens with one attached hydrogen (secondary N) is 1. The second kappa shape index (κ2) is 6.02. The predicted molar refractivity (Wildman–Crippen MR) is 79.3 cm³/mol. The van der Waals surface area contributed by atoms with Gasteiger partial charge in [0.05, 0.1) is 12.7 Å². The quantitative estimate of drug-likeness (QED) is 0.835. The number of nitrogens with zero attached hydrogens (tertiary/aromatic N) is 2. The summed E-state index contributed by atoms with van der Waals surface area (Å²) in [7, 11) is 0. The molecule has 0 spiro atoms. The number of hydrogen-bond acceptors (Lipinski definition) is 2. The third-order valence-corrected chi connectivity index (χ3v) is 3.55. The molecule has 19 heavy (non-hydrogen) atoms. The first-order valence-corrected chi connectivity index (χ1v) is 6.83. The van der Waals surface area contributed by atoms with Crippen LogP contribution in [0, 0.1) is 27.7 Å². The van der Waals surface area contributed by atoms with Crippen LogP contribution < -0.4 is 5.32 Å².